The predicted octanol–water partition coefficient (Wildman–Crippen LogP) is 1.10. The van der Waals surface area contributed by atoms with Gasteiger partial charge in [-0.2, -0.15) is 0 Å². The fraction of sp³-hybridized carbons (Fsp3) is 0.462. The van der Waals surface area contributed by atoms with E-state index >= 15 is 0 Å². The number of nitrogens with two attached hydrogens (primary N) is 2. The number of para-hydroxylation sites is 1. The quantitative estimate of drug-likeness (QED) is 0.605. The van der Waals surface area contributed by atoms with E-state index in [-0.39, 0.29) is 12.0 Å². The van der Waals surface area contributed by atoms with Gasteiger partial charge in [-0.3, -0.25) is 0 Å². The topological polar surface area (TPSA) is 67.6 Å². The van der Waals surface area contributed by atoms with E-state index in [0.29, 0.717) is 6.04 Å². The Morgan fingerprint density at radius 3 is 2.76 bits per heavy atom. The number of nitrogens with zero attached hydrogens (tertiary/aromatic N) is 2. The minimum atomic E-state index is 0.164. The third kappa shape index (κ3) is 2.20. The fourth-order valence-electron chi connectivity index (χ4n) is 2.60. The molecule has 2 rings (SSSR count). The largest absolute Gasteiger partial charge is 0.370 e. The molecule has 0 spiro atoms. The van der Waals surface area contributed by atoms with Crippen molar-refractivity contribution < 1.29 is 0 Å². The van der Waals surface area contributed by atoms with Crippen LogP contribution in [0.3, 0.4) is 0 Å². The molecule has 1 aliphatic heterocycles. The minimum absolute atomic E-state index is 0.164. The van der Waals surface area contributed by atoms with Crippen molar-refractivity contribution in [2.75, 3.05) is 11.9 Å². The fourth-order valence-corrected chi connectivity index (χ4v) is 2.60. The highest BCUT2D eigenvalue weighted by Crippen LogP contribution is 2.33. The zero-order chi connectivity index (χ0) is 12.4. The summed E-state index contributed by atoms with van der Waals surface area (Å²) in [5, 5.41) is 0. The molecule has 1 aromatic rings. The van der Waals surface area contributed by atoms with Crippen molar-refractivity contribution in [3.63, 3.8) is 0 Å². The molecule has 0 aromatic heterocycles. The molecule has 0 bridgehead atoms. The summed E-state index contributed by atoms with van der Waals surface area (Å²) in [5.74, 6) is 0.182. The average Bonchev–Trinajstić information content (AvgIpc) is 2.64. The van der Waals surface area contributed by atoms with Crippen LogP contribution < -0.4 is 16.4 Å². The Hall–Kier alpha value is -1.71. The van der Waals surface area contributed by atoms with E-state index in [4.69, 9.17) is 11.5 Å². The summed E-state index contributed by atoms with van der Waals surface area (Å²) in [7, 11) is 2.11. The number of benzene rings is 1. The zero-order valence-electron chi connectivity index (χ0n) is 10.4. The van der Waals surface area contributed by atoms with Gasteiger partial charge >= 0.3 is 0 Å². The van der Waals surface area contributed by atoms with E-state index in [1.165, 1.54) is 11.3 Å². The van der Waals surface area contributed by atoms with Crippen LogP contribution in [0.4, 0.5) is 5.69 Å². The van der Waals surface area contributed by atoms with Gasteiger partial charge in [0.15, 0.2) is 5.96 Å². The first-order chi connectivity index (χ1) is 8.13. The molecule has 17 heavy (non-hydrogen) atoms. The number of aliphatic imine (C=N–C) groups is 1. The molecular weight excluding hydrogens is 212 g/mol. The van der Waals surface area contributed by atoms with Gasteiger partial charge in [0.05, 0.1) is 12.1 Å². The molecule has 1 aromatic carbocycles. The van der Waals surface area contributed by atoms with Crippen LogP contribution in [-0.4, -0.2) is 25.1 Å². The molecule has 0 fully saturated rings. The maximum absolute atomic E-state index is 5.50. The lowest BCUT2D eigenvalue weighted by atomic mass is 10.0. The molecule has 92 valence electrons. The molecule has 0 aliphatic carbocycles. The van der Waals surface area contributed by atoms with E-state index in [0.717, 1.165) is 12.8 Å². The second-order valence-corrected chi connectivity index (χ2v) is 4.54. The standard InChI is InChI=1S/C13H20N4/c1-3-10(16-13(14)15)12-8-9-6-4-5-7-11(9)17(12)2/h4-7,10,12H,3,8H2,1-2H3,(H4,14,15,16). The third-order valence-electron chi connectivity index (χ3n) is 3.48. The highest BCUT2D eigenvalue weighted by atomic mass is 15.2. The lowest BCUT2D eigenvalue weighted by molar-refractivity contribution is 0.511. The molecule has 1 heterocycles. The highest BCUT2D eigenvalue weighted by molar-refractivity contribution is 5.76. The number of guanidine groups is 1. The smallest absolute Gasteiger partial charge is 0.186 e. The predicted molar refractivity (Wildman–Crippen MR) is 72.2 cm³/mol. The Bertz CT molecular complexity index is 423. The van der Waals surface area contributed by atoms with Crippen LogP contribution in [0.2, 0.25) is 0 Å². The van der Waals surface area contributed by atoms with Gasteiger partial charge in [-0.05, 0) is 24.5 Å². The Morgan fingerprint density at radius 2 is 2.18 bits per heavy atom. The number of rotatable bonds is 3. The summed E-state index contributed by atoms with van der Waals surface area (Å²) in [4.78, 5) is 6.63. The van der Waals surface area contributed by atoms with Crippen molar-refractivity contribution in [2.45, 2.75) is 31.8 Å². The van der Waals surface area contributed by atoms with Gasteiger partial charge in [0.25, 0.3) is 0 Å². The monoisotopic (exact) mass is 232 g/mol. The van der Waals surface area contributed by atoms with Crippen molar-refractivity contribution in [3.05, 3.63) is 29.8 Å². The maximum atomic E-state index is 5.50. The molecule has 2 atom stereocenters. The van der Waals surface area contributed by atoms with E-state index in [2.05, 4.69) is 48.1 Å². The number of likely N-dealkylation sites (N-methyl/N-ethyl adjacent to an activating group) is 1. The van der Waals surface area contributed by atoms with Crippen molar-refractivity contribution in [1.29, 1.82) is 0 Å². The van der Waals surface area contributed by atoms with Crippen molar-refractivity contribution in [3.8, 4) is 0 Å². The Labute approximate surface area is 102 Å². The van der Waals surface area contributed by atoms with Gasteiger partial charge < -0.3 is 16.4 Å². The number of hydrogen-bond donors (Lipinski definition) is 2. The molecule has 2 unspecified atom stereocenters. The average molecular weight is 232 g/mol. The summed E-state index contributed by atoms with van der Waals surface area (Å²) in [6, 6.07) is 9.00. The Kier molecular flexibility index (Phi) is 3.22. The summed E-state index contributed by atoms with van der Waals surface area (Å²) in [5.41, 5.74) is 13.7. The molecule has 0 radical (unpaired) electrons. The first kappa shape index (κ1) is 11.8. The Morgan fingerprint density at radius 1 is 1.47 bits per heavy atom. The number of anilines is 1. The van der Waals surface area contributed by atoms with Crippen LogP contribution in [0, 0.1) is 0 Å². The normalized spacial score (nSPS) is 19.9. The van der Waals surface area contributed by atoms with Gasteiger partial charge in [-0.1, -0.05) is 25.1 Å². The van der Waals surface area contributed by atoms with E-state index in [1.807, 2.05) is 0 Å². The SMILES string of the molecule is CCC(N=C(N)N)C1Cc2ccccc2N1C. The van der Waals surface area contributed by atoms with Crippen LogP contribution in [-0.2, 0) is 6.42 Å². The van der Waals surface area contributed by atoms with Gasteiger partial charge in [-0.25, -0.2) is 4.99 Å². The maximum Gasteiger partial charge on any atom is 0.186 e. The molecule has 0 amide bonds. The summed E-state index contributed by atoms with van der Waals surface area (Å²) < 4.78 is 0. The van der Waals surface area contributed by atoms with Gasteiger partial charge in [-0.15, -0.1) is 0 Å². The molecule has 4 heteroatoms. The van der Waals surface area contributed by atoms with Crippen molar-refractivity contribution in [2.24, 2.45) is 16.5 Å². The van der Waals surface area contributed by atoms with Crippen molar-refractivity contribution in [1.82, 2.24) is 0 Å². The van der Waals surface area contributed by atoms with Crippen LogP contribution >= 0.6 is 0 Å². The summed E-state index contributed by atoms with van der Waals surface area (Å²) in [6.45, 7) is 2.12. The van der Waals surface area contributed by atoms with Crippen LogP contribution in [0.15, 0.2) is 29.3 Å². The number of fused-ring (bicyclic) bond motifs is 1. The van der Waals surface area contributed by atoms with E-state index in [9.17, 15) is 0 Å². The molecule has 4 nitrogen and oxygen atoms in total. The molecule has 0 saturated carbocycles. The highest BCUT2D eigenvalue weighted by Gasteiger charge is 2.31. The van der Waals surface area contributed by atoms with Gasteiger partial charge in [0.1, 0.15) is 0 Å². The first-order valence-corrected chi connectivity index (χ1v) is 6.03. The van der Waals surface area contributed by atoms with E-state index in [1.54, 1.807) is 0 Å². The molecule has 4 N–H and O–H groups in total. The third-order valence-corrected chi connectivity index (χ3v) is 3.48. The second-order valence-electron chi connectivity index (χ2n) is 4.54. The second kappa shape index (κ2) is 4.65. The first-order valence-electron chi connectivity index (χ1n) is 6.03. The van der Waals surface area contributed by atoms with Crippen LogP contribution in [0.1, 0.15) is 18.9 Å². The summed E-state index contributed by atoms with van der Waals surface area (Å²) >= 11 is 0. The van der Waals surface area contributed by atoms with Crippen LogP contribution in [0.25, 0.3) is 0 Å². The molecule has 1 aliphatic rings. The van der Waals surface area contributed by atoms with Gasteiger partial charge in [0.2, 0.25) is 0 Å². The zero-order valence-corrected chi connectivity index (χ0v) is 10.4. The minimum Gasteiger partial charge on any atom is -0.370 e. The summed E-state index contributed by atoms with van der Waals surface area (Å²) in [6.07, 6.45) is 1.96. The molecule has 0 saturated heterocycles. The Balaban J connectivity index is 2.24. The van der Waals surface area contributed by atoms with Crippen molar-refractivity contribution >= 4 is 11.6 Å². The lowest BCUT2D eigenvalue weighted by Crippen LogP contribution is -2.40. The van der Waals surface area contributed by atoms with E-state index < -0.39 is 0 Å². The molecular formula is C13H20N4. The lowest BCUT2D eigenvalue weighted by Gasteiger charge is -2.27. The van der Waals surface area contributed by atoms with Gasteiger partial charge in [0, 0.05) is 12.7 Å². The van der Waals surface area contributed by atoms with Crippen LogP contribution in [0.5, 0.6) is 0 Å². The number of hydrogen-bond acceptors (Lipinski definition) is 2.